The van der Waals surface area contributed by atoms with E-state index in [0.717, 1.165) is 54.5 Å². The lowest BCUT2D eigenvalue weighted by molar-refractivity contribution is 0.425. The van der Waals surface area contributed by atoms with Crippen LogP contribution in [-0.2, 0) is 13.0 Å². The fourth-order valence-corrected chi connectivity index (χ4v) is 4.17. The van der Waals surface area contributed by atoms with Gasteiger partial charge in [0.05, 0.1) is 17.1 Å². The van der Waals surface area contributed by atoms with Gasteiger partial charge in [-0.2, -0.15) is 5.10 Å². The smallest absolute Gasteiger partial charge is 0.149 e. The van der Waals surface area contributed by atoms with Crippen LogP contribution in [0.3, 0.4) is 0 Å². The number of benzene rings is 2. The lowest BCUT2D eigenvalue weighted by Crippen LogP contribution is -2.21. The second-order valence-corrected chi connectivity index (χ2v) is 8.44. The molecule has 2 aromatic heterocycles. The van der Waals surface area contributed by atoms with E-state index in [1.54, 1.807) is 0 Å². The van der Waals surface area contributed by atoms with Crippen LogP contribution < -0.4 is 10.6 Å². The molecule has 0 amide bonds. The van der Waals surface area contributed by atoms with E-state index >= 15 is 0 Å². The summed E-state index contributed by atoms with van der Waals surface area (Å²) in [5.41, 5.74) is 9.51. The van der Waals surface area contributed by atoms with Crippen molar-refractivity contribution in [1.29, 1.82) is 0 Å². The predicted octanol–water partition coefficient (Wildman–Crippen LogP) is 4.63. The lowest BCUT2D eigenvalue weighted by Gasteiger charge is -2.15. The molecule has 6 nitrogen and oxygen atoms in total. The summed E-state index contributed by atoms with van der Waals surface area (Å²) in [6, 6.07) is 21.2. The quantitative estimate of drug-likeness (QED) is 0.339. The third kappa shape index (κ3) is 4.09. The molecule has 0 spiro atoms. The summed E-state index contributed by atoms with van der Waals surface area (Å²) in [4.78, 5) is 6.63. The predicted molar refractivity (Wildman–Crippen MR) is 131 cm³/mol. The fourth-order valence-electron chi connectivity index (χ4n) is 4.17. The monoisotopic (exact) mass is 424 g/mol. The van der Waals surface area contributed by atoms with Gasteiger partial charge in [0.2, 0.25) is 0 Å². The highest BCUT2D eigenvalue weighted by atomic mass is 15.1. The van der Waals surface area contributed by atoms with Crippen LogP contribution in [0.4, 0.5) is 11.5 Å². The zero-order valence-corrected chi connectivity index (χ0v) is 18.5. The number of likely N-dealkylation sites (N-methyl/N-ethyl adjacent to an activating group) is 1. The van der Waals surface area contributed by atoms with E-state index in [-0.39, 0.29) is 0 Å². The number of aromatic nitrogens is 3. The summed E-state index contributed by atoms with van der Waals surface area (Å²) in [5.74, 6) is 0.887. The van der Waals surface area contributed by atoms with Gasteiger partial charge in [0.1, 0.15) is 5.82 Å². The van der Waals surface area contributed by atoms with Crippen LogP contribution in [0.25, 0.3) is 22.5 Å². The first-order valence-corrected chi connectivity index (χ1v) is 11.0. The molecular formula is C26H28N6. The normalized spacial score (nSPS) is 12.0. The zero-order chi connectivity index (χ0) is 21.9. The minimum atomic E-state index is 0.735. The van der Waals surface area contributed by atoms with E-state index in [1.165, 1.54) is 22.3 Å². The molecule has 5 rings (SSSR count). The molecule has 6 heteroatoms. The average Bonchev–Trinajstić information content (AvgIpc) is 3.38. The minimum Gasteiger partial charge on any atom is -0.378 e. The molecule has 0 aliphatic heterocycles. The Morgan fingerprint density at radius 1 is 0.969 bits per heavy atom. The van der Waals surface area contributed by atoms with Crippen LogP contribution >= 0.6 is 0 Å². The minimum absolute atomic E-state index is 0.735. The van der Waals surface area contributed by atoms with Crippen LogP contribution in [0, 0.1) is 0 Å². The van der Waals surface area contributed by atoms with Gasteiger partial charge in [0.25, 0.3) is 0 Å². The number of anilines is 2. The van der Waals surface area contributed by atoms with E-state index in [4.69, 9.17) is 0 Å². The molecule has 3 N–H and O–H groups in total. The van der Waals surface area contributed by atoms with Crippen molar-refractivity contribution in [3.63, 3.8) is 0 Å². The second-order valence-electron chi connectivity index (χ2n) is 8.44. The molecule has 0 unspecified atom stereocenters. The first kappa shape index (κ1) is 20.3. The average molecular weight is 425 g/mol. The van der Waals surface area contributed by atoms with Gasteiger partial charge >= 0.3 is 0 Å². The second kappa shape index (κ2) is 8.85. The third-order valence-electron chi connectivity index (χ3n) is 5.89. The molecule has 2 heterocycles. The van der Waals surface area contributed by atoms with Gasteiger partial charge < -0.3 is 15.5 Å². The molecule has 0 radical (unpaired) electrons. The Kier molecular flexibility index (Phi) is 5.60. The molecule has 0 saturated heterocycles. The molecule has 0 atom stereocenters. The topological polar surface area (TPSA) is 68.9 Å². The number of fused-ring (bicyclic) bond motifs is 3. The highest BCUT2D eigenvalue weighted by Crippen LogP contribution is 2.39. The van der Waals surface area contributed by atoms with Crippen molar-refractivity contribution in [2.24, 2.45) is 0 Å². The first-order chi connectivity index (χ1) is 15.7. The van der Waals surface area contributed by atoms with Crippen molar-refractivity contribution in [1.82, 2.24) is 20.1 Å². The van der Waals surface area contributed by atoms with Crippen molar-refractivity contribution in [2.45, 2.75) is 13.0 Å². The maximum Gasteiger partial charge on any atom is 0.149 e. The number of H-pyrrole nitrogens is 1. The van der Waals surface area contributed by atoms with Crippen LogP contribution in [0.15, 0.2) is 66.9 Å². The maximum absolute atomic E-state index is 4.62. The highest BCUT2D eigenvalue weighted by Gasteiger charge is 2.24. The third-order valence-corrected chi connectivity index (χ3v) is 5.89. The molecule has 0 bridgehead atoms. The highest BCUT2D eigenvalue weighted by molar-refractivity contribution is 5.81. The number of nitrogens with one attached hydrogen (secondary N) is 3. The van der Waals surface area contributed by atoms with E-state index in [2.05, 4.69) is 99.4 Å². The molecule has 1 aliphatic rings. The summed E-state index contributed by atoms with van der Waals surface area (Å²) in [7, 11) is 4.14. The van der Waals surface area contributed by atoms with Crippen molar-refractivity contribution in [2.75, 3.05) is 37.8 Å². The first-order valence-electron chi connectivity index (χ1n) is 11.0. The standard InChI is InChI=1S/C26H28N6/c1-32(2)15-14-28-26-23(8-5-13-27-26)29-17-18-9-11-19(12-10-18)24-22-16-20-6-3-4-7-21(20)25(22)31-30-24/h3-13,29H,14-17H2,1-2H3,(H,27,28)(H,30,31). The van der Waals surface area contributed by atoms with Gasteiger partial charge in [-0.05, 0) is 37.4 Å². The van der Waals surface area contributed by atoms with Gasteiger partial charge in [-0.1, -0.05) is 48.5 Å². The Labute approximate surface area is 188 Å². The Balaban J connectivity index is 1.26. The maximum atomic E-state index is 4.62. The van der Waals surface area contributed by atoms with Gasteiger partial charge in [0, 0.05) is 48.9 Å². The molecule has 162 valence electrons. The molecule has 0 fully saturated rings. The molecule has 0 saturated carbocycles. The van der Waals surface area contributed by atoms with Crippen LogP contribution in [0.1, 0.15) is 16.7 Å². The Morgan fingerprint density at radius 3 is 2.66 bits per heavy atom. The summed E-state index contributed by atoms with van der Waals surface area (Å²) in [6.07, 6.45) is 2.75. The SMILES string of the molecule is CN(C)CCNc1ncccc1NCc1ccc(-c2n[nH]c3c2Cc2ccccc2-3)cc1. The van der Waals surface area contributed by atoms with E-state index in [9.17, 15) is 0 Å². The van der Waals surface area contributed by atoms with Crippen LogP contribution in [-0.4, -0.2) is 47.3 Å². The molecule has 2 aromatic carbocycles. The molecule has 1 aliphatic carbocycles. The summed E-state index contributed by atoms with van der Waals surface area (Å²) >= 11 is 0. The Bertz CT molecular complexity index is 1210. The van der Waals surface area contributed by atoms with Crippen molar-refractivity contribution in [3.8, 4) is 22.5 Å². The summed E-state index contributed by atoms with van der Waals surface area (Å²) < 4.78 is 0. The van der Waals surface area contributed by atoms with Gasteiger partial charge in [0.15, 0.2) is 0 Å². The van der Waals surface area contributed by atoms with Gasteiger partial charge in [-0.3, -0.25) is 5.10 Å². The number of hydrogen-bond acceptors (Lipinski definition) is 5. The van der Waals surface area contributed by atoms with E-state index in [0.29, 0.717) is 0 Å². The number of hydrogen-bond donors (Lipinski definition) is 3. The van der Waals surface area contributed by atoms with E-state index in [1.807, 2.05) is 12.3 Å². The fraction of sp³-hybridized carbons (Fsp3) is 0.231. The lowest BCUT2D eigenvalue weighted by atomic mass is 10.0. The summed E-state index contributed by atoms with van der Waals surface area (Å²) in [5, 5.41) is 14.8. The van der Waals surface area contributed by atoms with Crippen molar-refractivity contribution < 1.29 is 0 Å². The van der Waals surface area contributed by atoms with E-state index < -0.39 is 0 Å². The van der Waals surface area contributed by atoms with Crippen molar-refractivity contribution >= 4 is 11.5 Å². The number of nitrogens with zero attached hydrogens (tertiary/aromatic N) is 3. The molecular weight excluding hydrogens is 396 g/mol. The van der Waals surface area contributed by atoms with Crippen LogP contribution in [0.5, 0.6) is 0 Å². The number of aromatic amines is 1. The van der Waals surface area contributed by atoms with Gasteiger partial charge in [-0.15, -0.1) is 0 Å². The van der Waals surface area contributed by atoms with Gasteiger partial charge in [-0.25, -0.2) is 4.98 Å². The summed E-state index contributed by atoms with van der Waals surface area (Å²) in [6.45, 7) is 2.54. The molecule has 4 aromatic rings. The van der Waals surface area contributed by atoms with Crippen LogP contribution in [0.2, 0.25) is 0 Å². The zero-order valence-electron chi connectivity index (χ0n) is 18.5. The molecule has 32 heavy (non-hydrogen) atoms. The number of pyridine rings is 1. The largest absolute Gasteiger partial charge is 0.378 e. The van der Waals surface area contributed by atoms with Crippen molar-refractivity contribution in [3.05, 3.63) is 83.6 Å². The Morgan fingerprint density at radius 2 is 1.81 bits per heavy atom. The Hall–Kier alpha value is -3.64. The number of rotatable bonds is 8.